The summed E-state index contributed by atoms with van der Waals surface area (Å²) in [4.78, 5) is 0. The molecule has 0 N–H and O–H groups in total. The SMILES string of the molecule is COCCOCOc1ccc(C=C(C#N)c2ccc(OC)c(OC)c2)cc1F. The van der Waals surface area contributed by atoms with Gasteiger partial charge in [0.2, 0.25) is 0 Å². The quantitative estimate of drug-likeness (QED) is 0.266. The Balaban J connectivity index is 2.16. The largest absolute Gasteiger partial charge is 0.493 e. The molecule has 0 bridgehead atoms. The van der Waals surface area contributed by atoms with E-state index in [1.165, 1.54) is 26.4 Å². The number of hydrogen-bond acceptors (Lipinski definition) is 6. The van der Waals surface area contributed by atoms with Crippen molar-refractivity contribution in [3.8, 4) is 23.3 Å². The Morgan fingerprint density at radius 3 is 2.39 bits per heavy atom. The monoisotopic (exact) mass is 387 g/mol. The number of halogens is 1. The summed E-state index contributed by atoms with van der Waals surface area (Å²) < 4.78 is 39.9. The van der Waals surface area contributed by atoms with Crippen LogP contribution in [0, 0.1) is 17.1 Å². The van der Waals surface area contributed by atoms with Crippen LogP contribution in [0.3, 0.4) is 0 Å². The van der Waals surface area contributed by atoms with Crippen LogP contribution in [0.1, 0.15) is 11.1 Å². The summed E-state index contributed by atoms with van der Waals surface area (Å²) in [7, 11) is 4.62. The molecule has 2 aromatic carbocycles. The molecule has 0 atom stereocenters. The number of hydrogen-bond donors (Lipinski definition) is 0. The Labute approximate surface area is 163 Å². The molecule has 0 unspecified atom stereocenters. The van der Waals surface area contributed by atoms with Gasteiger partial charge in [-0.1, -0.05) is 6.07 Å². The fourth-order valence-electron chi connectivity index (χ4n) is 2.38. The van der Waals surface area contributed by atoms with Gasteiger partial charge in [-0.05, 0) is 47.5 Å². The highest BCUT2D eigenvalue weighted by Crippen LogP contribution is 2.31. The fourth-order valence-corrected chi connectivity index (χ4v) is 2.38. The highest BCUT2D eigenvalue weighted by atomic mass is 19.1. The lowest BCUT2D eigenvalue weighted by atomic mass is 10.0. The van der Waals surface area contributed by atoms with Crippen LogP contribution in [0.25, 0.3) is 11.6 Å². The summed E-state index contributed by atoms with van der Waals surface area (Å²) >= 11 is 0. The highest BCUT2D eigenvalue weighted by molar-refractivity contribution is 5.90. The van der Waals surface area contributed by atoms with Crippen molar-refractivity contribution in [2.45, 2.75) is 0 Å². The lowest BCUT2D eigenvalue weighted by Crippen LogP contribution is -2.08. The van der Waals surface area contributed by atoms with Crippen molar-refractivity contribution in [2.75, 3.05) is 41.3 Å². The summed E-state index contributed by atoms with van der Waals surface area (Å²) in [5, 5.41) is 9.51. The number of ether oxygens (including phenoxy) is 5. The van der Waals surface area contributed by atoms with Crippen molar-refractivity contribution >= 4 is 11.6 Å². The number of allylic oxidation sites excluding steroid dienone is 1. The van der Waals surface area contributed by atoms with Crippen molar-refractivity contribution in [2.24, 2.45) is 0 Å². The predicted octanol–water partition coefficient (Wildman–Crippen LogP) is 3.91. The van der Waals surface area contributed by atoms with Gasteiger partial charge in [-0.15, -0.1) is 0 Å². The van der Waals surface area contributed by atoms with Gasteiger partial charge >= 0.3 is 0 Å². The Hall–Kier alpha value is -3.08. The van der Waals surface area contributed by atoms with E-state index in [0.29, 0.717) is 41.4 Å². The lowest BCUT2D eigenvalue weighted by molar-refractivity contribution is -0.0100. The van der Waals surface area contributed by atoms with Crippen LogP contribution in [-0.4, -0.2) is 41.3 Å². The average molecular weight is 387 g/mol. The minimum Gasteiger partial charge on any atom is -0.493 e. The third-order valence-corrected chi connectivity index (χ3v) is 3.81. The van der Waals surface area contributed by atoms with Gasteiger partial charge in [0.05, 0.1) is 39.1 Å². The lowest BCUT2D eigenvalue weighted by Gasteiger charge is -2.10. The van der Waals surface area contributed by atoms with Crippen molar-refractivity contribution in [3.05, 3.63) is 53.3 Å². The molecule has 0 aliphatic heterocycles. The first-order valence-electron chi connectivity index (χ1n) is 8.46. The molecule has 2 rings (SSSR count). The molecule has 2 aromatic rings. The molecular weight excluding hydrogens is 365 g/mol. The average Bonchev–Trinajstić information content (AvgIpc) is 2.72. The van der Waals surface area contributed by atoms with E-state index < -0.39 is 5.82 Å². The van der Waals surface area contributed by atoms with E-state index in [2.05, 4.69) is 6.07 Å². The first-order valence-corrected chi connectivity index (χ1v) is 8.46. The Kier molecular flexibility index (Phi) is 8.28. The molecule has 0 aliphatic carbocycles. The second kappa shape index (κ2) is 10.9. The highest BCUT2D eigenvalue weighted by Gasteiger charge is 2.09. The summed E-state index contributed by atoms with van der Waals surface area (Å²) in [5.41, 5.74) is 1.51. The van der Waals surface area contributed by atoms with E-state index in [1.54, 1.807) is 37.5 Å². The molecule has 0 fully saturated rings. The molecule has 0 aromatic heterocycles. The summed E-state index contributed by atoms with van der Waals surface area (Å²) in [6, 6.07) is 11.7. The molecule has 0 saturated heterocycles. The van der Waals surface area contributed by atoms with Crippen molar-refractivity contribution in [3.63, 3.8) is 0 Å². The summed E-state index contributed by atoms with van der Waals surface area (Å²) in [6.07, 6.45) is 1.59. The summed E-state index contributed by atoms with van der Waals surface area (Å²) in [5.74, 6) is 0.584. The zero-order chi connectivity index (χ0) is 20.4. The van der Waals surface area contributed by atoms with Gasteiger partial charge in [-0.3, -0.25) is 0 Å². The van der Waals surface area contributed by atoms with Gasteiger partial charge < -0.3 is 23.7 Å². The number of methoxy groups -OCH3 is 3. The maximum atomic E-state index is 14.2. The second-order valence-electron chi connectivity index (χ2n) is 5.59. The molecule has 7 heteroatoms. The number of benzene rings is 2. The molecule has 28 heavy (non-hydrogen) atoms. The van der Waals surface area contributed by atoms with Gasteiger partial charge in [0.25, 0.3) is 0 Å². The van der Waals surface area contributed by atoms with Crippen LogP contribution in [0.4, 0.5) is 4.39 Å². The number of nitriles is 1. The molecule has 0 spiro atoms. The smallest absolute Gasteiger partial charge is 0.189 e. The van der Waals surface area contributed by atoms with Gasteiger partial charge in [0, 0.05) is 7.11 Å². The third kappa shape index (κ3) is 5.71. The van der Waals surface area contributed by atoms with E-state index in [1.807, 2.05) is 0 Å². The first-order chi connectivity index (χ1) is 13.6. The maximum Gasteiger partial charge on any atom is 0.189 e. The van der Waals surface area contributed by atoms with Gasteiger partial charge in [0.15, 0.2) is 29.9 Å². The molecule has 0 radical (unpaired) electrons. The molecule has 0 amide bonds. The van der Waals surface area contributed by atoms with E-state index in [4.69, 9.17) is 23.7 Å². The van der Waals surface area contributed by atoms with Crippen LogP contribution in [-0.2, 0) is 9.47 Å². The zero-order valence-corrected chi connectivity index (χ0v) is 16.0. The fraction of sp³-hybridized carbons (Fsp3) is 0.286. The molecule has 6 nitrogen and oxygen atoms in total. The molecule has 148 valence electrons. The minimum atomic E-state index is -0.548. The van der Waals surface area contributed by atoms with Gasteiger partial charge in [0.1, 0.15) is 0 Å². The van der Waals surface area contributed by atoms with E-state index in [-0.39, 0.29) is 12.5 Å². The topological polar surface area (TPSA) is 69.9 Å². The Bertz CT molecular complexity index is 860. The number of rotatable bonds is 10. The summed E-state index contributed by atoms with van der Waals surface area (Å²) in [6.45, 7) is 0.711. The van der Waals surface area contributed by atoms with Crippen LogP contribution in [0.5, 0.6) is 17.2 Å². The van der Waals surface area contributed by atoms with Crippen molar-refractivity contribution in [1.82, 2.24) is 0 Å². The van der Waals surface area contributed by atoms with Crippen molar-refractivity contribution in [1.29, 1.82) is 5.26 Å². The first kappa shape index (κ1) is 21.2. The standard InChI is InChI=1S/C21H22FNO5/c1-24-8-9-27-14-28-19-6-4-15(11-18(19)22)10-17(13-23)16-5-7-20(25-2)21(12-16)26-3/h4-7,10-12H,8-9,14H2,1-3H3. The van der Waals surface area contributed by atoms with Crippen molar-refractivity contribution < 1.29 is 28.1 Å². The molecule has 0 heterocycles. The molecule has 0 aliphatic rings. The van der Waals surface area contributed by atoms with Crippen LogP contribution in [0.15, 0.2) is 36.4 Å². The Morgan fingerprint density at radius 1 is 1.00 bits per heavy atom. The van der Waals surface area contributed by atoms with E-state index in [9.17, 15) is 9.65 Å². The Morgan fingerprint density at radius 2 is 1.75 bits per heavy atom. The zero-order valence-electron chi connectivity index (χ0n) is 16.0. The predicted molar refractivity (Wildman–Crippen MR) is 103 cm³/mol. The normalized spacial score (nSPS) is 11.0. The van der Waals surface area contributed by atoms with Gasteiger partial charge in [-0.2, -0.15) is 5.26 Å². The molecule has 0 saturated carbocycles. The van der Waals surface area contributed by atoms with Crippen LogP contribution in [0.2, 0.25) is 0 Å². The molecular formula is C21H22FNO5. The second-order valence-corrected chi connectivity index (χ2v) is 5.59. The third-order valence-electron chi connectivity index (χ3n) is 3.81. The maximum absolute atomic E-state index is 14.2. The van der Waals surface area contributed by atoms with Gasteiger partial charge in [-0.25, -0.2) is 4.39 Å². The minimum absolute atomic E-state index is 0.0687. The number of nitrogens with zero attached hydrogens (tertiary/aromatic N) is 1. The van der Waals surface area contributed by atoms with E-state index in [0.717, 1.165) is 0 Å². The van der Waals surface area contributed by atoms with Crippen LogP contribution < -0.4 is 14.2 Å². The van der Waals surface area contributed by atoms with E-state index >= 15 is 0 Å². The van der Waals surface area contributed by atoms with Crippen LogP contribution >= 0.6 is 0 Å².